The molecule has 0 aromatic carbocycles. The first-order valence-corrected chi connectivity index (χ1v) is 5.34. The first-order chi connectivity index (χ1) is 6.86. The number of rotatable bonds is 0. The molecule has 2 aliphatic rings. The highest BCUT2D eigenvalue weighted by atomic mass is 16.3. The summed E-state index contributed by atoms with van der Waals surface area (Å²) < 4.78 is 5.89. The van der Waals surface area contributed by atoms with E-state index in [9.17, 15) is 0 Å². The van der Waals surface area contributed by atoms with E-state index < -0.39 is 0 Å². The van der Waals surface area contributed by atoms with Crippen molar-refractivity contribution in [3.63, 3.8) is 0 Å². The second kappa shape index (κ2) is 2.88. The predicted octanol–water partition coefficient (Wildman–Crippen LogP) is 3.59. The van der Waals surface area contributed by atoms with Gasteiger partial charge in [-0.05, 0) is 44.3 Å². The zero-order valence-corrected chi connectivity index (χ0v) is 8.47. The summed E-state index contributed by atoms with van der Waals surface area (Å²) in [6.07, 6.45) is 11.3. The molecule has 0 radical (unpaired) electrons. The van der Waals surface area contributed by atoms with Crippen LogP contribution in [0, 0.1) is 0 Å². The molecule has 0 spiro atoms. The van der Waals surface area contributed by atoms with Crippen LogP contribution in [0.15, 0.2) is 16.6 Å². The van der Waals surface area contributed by atoms with Gasteiger partial charge < -0.3 is 4.42 Å². The van der Waals surface area contributed by atoms with Crippen LogP contribution in [-0.2, 0) is 12.8 Å². The Morgan fingerprint density at radius 3 is 2.93 bits per heavy atom. The highest BCUT2D eigenvalue weighted by Gasteiger charge is 2.22. The summed E-state index contributed by atoms with van der Waals surface area (Å²) in [5.74, 6) is 2.25. The molecule has 0 fully saturated rings. The van der Waals surface area contributed by atoms with Gasteiger partial charge in [-0.25, -0.2) is 0 Å². The maximum atomic E-state index is 5.89. The van der Waals surface area contributed by atoms with E-state index in [1.807, 2.05) is 0 Å². The van der Waals surface area contributed by atoms with Gasteiger partial charge in [0.1, 0.15) is 11.5 Å². The lowest BCUT2D eigenvalue weighted by atomic mass is 9.91. The van der Waals surface area contributed by atoms with Crippen molar-refractivity contribution in [1.82, 2.24) is 0 Å². The second-order valence-electron chi connectivity index (χ2n) is 4.12. The Morgan fingerprint density at radius 1 is 1.14 bits per heavy atom. The molecule has 0 unspecified atom stereocenters. The van der Waals surface area contributed by atoms with Gasteiger partial charge in [0.25, 0.3) is 0 Å². The normalized spacial score (nSPS) is 18.8. The standard InChI is InChI=1S/C13H14O/c1-9-5-4-7-11-10-6-2-3-8-12(10)14-13(9)11/h3,5,8H,2,4,6-7H2,1H3. The molecule has 0 bridgehead atoms. The molecular weight excluding hydrogens is 172 g/mol. The van der Waals surface area contributed by atoms with E-state index in [1.165, 1.54) is 36.0 Å². The van der Waals surface area contributed by atoms with Crippen molar-refractivity contribution in [3.05, 3.63) is 34.8 Å². The van der Waals surface area contributed by atoms with Gasteiger partial charge >= 0.3 is 0 Å². The lowest BCUT2D eigenvalue weighted by Crippen LogP contribution is -1.99. The molecule has 2 aliphatic carbocycles. The van der Waals surface area contributed by atoms with E-state index in [2.05, 4.69) is 25.2 Å². The largest absolute Gasteiger partial charge is 0.457 e. The first kappa shape index (κ1) is 8.10. The molecule has 0 N–H and O–H groups in total. The number of hydrogen-bond donors (Lipinski definition) is 0. The fraction of sp³-hybridized carbons (Fsp3) is 0.385. The van der Waals surface area contributed by atoms with E-state index in [-0.39, 0.29) is 0 Å². The monoisotopic (exact) mass is 186 g/mol. The van der Waals surface area contributed by atoms with Crippen LogP contribution in [0.1, 0.15) is 42.4 Å². The SMILES string of the molecule is CC1=CCCc2c1oc1c2CCC=C1. The Hall–Kier alpha value is -1.24. The maximum Gasteiger partial charge on any atom is 0.133 e. The van der Waals surface area contributed by atoms with Crippen LogP contribution in [0.2, 0.25) is 0 Å². The van der Waals surface area contributed by atoms with Crippen molar-refractivity contribution in [2.75, 3.05) is 0 Å². The topological polar surface area (TPSA) is 13.1 Å². The molecule has 1 heterocycles. The van der Waals surface area contributed by atoms with Crippen molar-refractivity contribution in [1.29, 1.82) is 0 Å². The van der Waals surface area contributed by atoms with Gasteiger partial charge in [-0.3, -0.25) is 0 Å². The van der Waals surface area contributed by atoms with Gasteiger partial charge in [0.2, 0.25) is 0 Å². The molecule has 0 saturated heterocycles. The van der Waals surface area contributed by atoms with E-state index in [4.69, 9.17) is 4.42 Å². The summed E-state index contributed by atoms with van der Waals surface area (Å²) in [6.45, 7) is 2.15. The predicted molar refractivity (Wildman–Crippen MR) is 58.0 cm³/mol. The first-order valence-electron chi connectivity index (χ1n) is 5.34. The molecule has 14 heavy (non-hydrogen) atoms. The summed E-state index contributed by atoms with van der Waals surface area (Å²) in [7, 11) is 0. The highest BCUT2D eigenvalue weighted by molar-refractivity contribution is 5.69. The molecule has 3 rings (SSSR count). The molecule has 72 valence electrons. The lowest BCUT2D eigenvalue weighted by molar-refractivity contribution is 0.533. The average molecular weight is 186 g/mol. The summed E-state index contributed by atoms with van der Waals surface area (Å²) in [6, 6.07) is 0. The summed E-state index contributed by atoms with van der Waals surface area (Å²) in [5, 5.41) is 0. The van der Waals surface area contributed by atoms with Crippen LogP contribution < -0.4 is 0 Å². The summed E-state index contributed by atoms with van der Waals surface area (Å²) >= 11 is 0. The van der Waals surface area contributed by atoms with Crippen molar-refractivity contribution >= 4 is 11.6 Å². The Labute approximate surface area is 84.1 Å². The van der Waals surface area contributed by atoms with Crippen LogP contribution in [0.3, 0.4) is 0 Å². The van der Waals surface area contributed by atoms with Gasteiger partial charge in [-0.1, -0.05) is 12.2 Å². The van der Waals surface area contributed by atoms with E-state index in [0.29, 0.717) is 0 Å². The van der Waals surface area contributed by atoms with Crippen LogP contribution in [0.25, 0.3) is 11.6 Å². The Bertz CT molecular complexity index is 432. The van der Waals surface area contributed by atoms with E-state index >= 15 is 0 Å². The van der Waals surface area contributed by atoms with Gasteiger partial charge in [-0.2, -0.15) is 0 Å². The van der Waals surface area contributed by atoms with Crippen LogP contribution in [0.5, 0.6) is 0 Å². The number of allylic oxidation sites excluding steroid dienone is 3. The molecular formula is C13H14O. The average Bonchev–Trinajstić information content (AvgIpc) is 2.59. The Kier molecular flexibility index (Phi) is 1.66. The molecule has 0 atom stereocenters. The summed E-state index contributed by atoms with van der Waals surface area (Å²) in [4.78, 5) is 0. The van der Waals surface area contributed by atoms with Crippen molar-refractivity contribution in [3.8, 4) is 0 Å². The number of fused-ring (bicyclic) bond motifs is 3. The van der Waals surface area contributed by atoms with Crippen LogP contribution in [-0.4, -0.2) is 0 Å². The zero-order valence-electron chi connectivity index (χ0n) is 8.47. The third-order valence-corrected chi connectivity index (χ3v) is 3.18. The Balaban J connectivity index is 2.22. The zero-order chi connectivity index (χ0) is 9.54. The third kappa shape index (κ3) is 1.02. The van der Waals surface area contributed by atoms with Gasteiger partial charge in [-0.15, -0.1) is 0 Å². The molecule has 0 amide bonds. The van der Waals surface area contributed by atoms with E-state index in [1.54, 1.807) is 0 Å². The molecule has 1 nitrogen and oxygen atoms in total. The van der Waals surface area contributed by atoms with Gasteiger partial charge in [0.15, 0.2) is 0 Å². The van der Waals surface area contributed by atoms with Crippen LogP contribution in [0.4, 0.5) is 0 Å². The molecule has 0 saturated carbocycles. The van der Waals surface area contributed by atoms with Crippen molar-refractivity contribution in [2.45, 2.75) is 32.6 Å². The van der Waals surface area contributed by atoms with E-state index in [0.717, 1.165) is 17.9 Å². The van der Waals surface area contributed by atoms with Gasteiger partial charge in [0.05, 0.1) is 0 Å². The minimum absolute atomic E-state index is 1.11. The van der Waals surface area contributed by atoms with Crippen molar-refractivity contribution < 1.29 is 4.42 Å². The molecule has 1 heteroatoms. The quantitative estimate of drug-likeness (QED) is 0.603. The number of furan rings is 1. The Morgan fingerprint density at radius 2 is 2.00 bits per heavy atom. The van der Waals surface area contributed by atoms with Crippen LogP contribution >= 0.6 is 0 Å². The highest BCUT2D eigenvalue weighted by Crippen LogP contribution is 2.35. The fourth-order valence-electron chi connectivity index (χ4n) is 2.45. The third-order valence-electron chi connectivity index (χ3n) is 3.18. The lowest BCUT2D eigenvalue weighted by Gasteiger charge is -2.10. The fourth-order valence-corrected chi connectivity index (χ4v) is 2.45. The minimum Gasteiger partial charge on any atom is -0.457 e. The maximum absolute atomic E-state index is 5.89. The number of hydrogen-bond acceptors (Lipinski definition) is 1. The minimum atomic E-state index is 1.11. The summed E-state index contributed by atoms with van der Waals surface area (Å²) in [5.41, 5.74) is 4.26. The van der Waals surface area contributed by atoms with Gasteiger partial charge in [0, 0.05) is 11.1 Å². The second-order valence-corrected chi connectivity index (χ2v) is 4.12. The molecule has 1 aromatic heterocycles. The van der Waals surface area contributed by atoms with Crippen molar-refractivity contribution in [2.24, 2.45) is 0 Å². The molecule has 0 aliphatic heterocycles. The molecule has 1 aromatic rings. The smallest absolute Gasteiger partial charge is 0.133 e.